The van der Waals surface area contributed by atoms with Crippen LogP contribution in [0, 0.1) is 0 Å². The quantitative estimate of drug-likeness (QED) is 0.624. The first-order chi connectivity index (χ1) is 6.20. The molecule has 70 valence electrons. The van der Waals surface area contributed by atoms with Crippen LogP contribution in [0.4, 0.5) is 5.95 Å². The minimum absolute atomic E-state index is 0.308. The molecule has 0 fully saturated rings. The zero-order valence-electron chi connectivity index (χ0n) is 8.05. The van der Waals surface area contributed by atoms with Crippen LogP contribution in [-0.4, -0.2) is 32.9 Å². The van der Waals surface area contributed by atoms with Crippen LogP contribution in [0.2, 0.25) is 0 Å². The van der Waals surface area contributed by atoms with E-state index in [4.69, 9.17) is 0 Å². The number of hydrogen-bond acceptors (Lipinski definition) is 4. The summed E-state index contributed by atoms with van der Waals surface area (Å²) in [6.45, 7) is 2.12. The van der Waals surface area contributed by atoms with Crippen molar-refractivity contribution in [1.29, 1.82) is 0 Å². The Morgan fingerprint density at radius 3 is 2.54 bits per heavy atom. The molecule has 13 heavy (non-hydrogen) atoms. The third kappa shape index (κ3) is 1.16. The fraction of sp³-hybridized carbons (Fsp3) is 0.500. The molecule has 1 aromatic rings. The van der Waals surface area contributed by atoms with Gasteiger partial charge in [0.05, 0.1) is 0 Å². The molecule has 0 spiro atoms. The van der Waals surface area contributed by atoms with Crippen LogP contribution in [0.1, 0.15) is 6.92 Å². The van der Waals surface area contributed by atoms with Crippen LogP contribution in [0.25, 0.3) is 0 Å². The Morgan fingerprint density at radius 2 is 2.08 bits per heavy atom. The lowest BCUT2D eigenvalue weighted by Gasteiger charge is -2.25. The summed E-state index contributed by atoms with van der Waals surface area (Å²) in [4.78, 5) is 8.38. The molecule has 1 aliphatic rings. The molecule has 2 rings (SSSR count). The predicted octanol–water partition coefficient (Wildman–Crippen LogP) is 0.384. The molecule has 0 unspecified atom stereocenters. The average Bonchev–Trinajstić information content (AvgIpc) is 2.62. The number of hydrogen-bond donors (Lipinski definition) is 0. The lowest BCUT2D eigenvalue weighted by Crippen LogP contribution is -2.34. The maximum atomic E-state index is 4.18. The van der Waals surface area contributed by atoms with Crippen LogP contribution < -0.4 is 4.90 Å². The average molecular weight is 179 g/mol. The molecule has 0 saturated carbocycles. The molecule has 0 radical (unpaired) electrons. The van der Waals surface area contributed by atoms with Crippen molar-refractivity contribution in [2.75, 3.05) is 11.9 Å². The van der Waals surface area contributed by atoms with E-state index in [1.165, 1.54) is 0 Å². The van der Waals surface area contributed by atoms with Gasteiger partial charge in [0.2, 0.25) is 5.95 Å². The van der Waals surface area contributed by atoms with Crippen molar-refractivity contribution in [3.8, 4) is 0 Å². The number of nitrogens with zero attached hydrogens (tertiary/aromatic N) is 5. The lowest BCUT2D eigenvalue weighted by atomic mass is 10.5. The van der Waals surface area contributed by atoms with E-state index >= 15 is 0 Å². The molecule has 0 amide bonds. The summed E-state index contributed by atoms with van der Waals surface area (Å²) in [7, 11) is 3.93. The van der Waals surface area contributed by atoms with Crippen LogP contribution in [0.3, 0.4) is 0 Å². The van der Waals surface area contributed by atoms with Crippen molar-refractivity contribution >= 4 is 5.95 Å². The van der Waals surface area contributed by atoms with Gasteiger partial charge in [-0.2, -0.15) is 10.1 Å². The molecule has 2 heterocycles. The summed E-state index contributed by atoms with van der Waals surface area (Å²) >= 11 is 0. The summed E-state index contributed by atoms with van der Waals surface area (Å²) < 4.78 is 1.76. The smallest absolute Gasteiger partial charge is 0.229 e. The van der Waals surface area contributed by atoms with Gasteiger partial charge in [0.1, 0.15) is 12.5 Å². The number of aromatic nitrogens is 3. The van der Waals surface area contributed by atoms with E-state index < -0.39 is 0 Å². The Hall–Kier alpha value is -1.52. The summed E-state index contributed by atoms with van der Waals surface area (Å²) in [6, 6.07) is 0. The highest BCUT2D eigenvalue weighted by molar-refractivity contribution is 5.38. The van der Waals surface area contributed by atoms with Gasteiger partial charge in [-0.05, 0) is 6.92 Å². The van der Waals surface area contributed by atoms with E-state index in [0.717, 1.165) is 5.95 Å². The van der Waals surface area contributed by atoms with Crippen LogP contribution in [-0.2, 0) is 7.05 Å². The second kappa shape index (κ2) is 2.76. The highest BCUT2D eigenvalue weighted by Gasteiger charge is 2.22. The molecule has 0 bridgehead atoms. The predicted molar refractivity (Wildman–Crippen MR) is 49.8 cm³/mol. The highest BCUT2D eigenvalue weighted by Crippen LogP contribution is 2.19. The molecular weight excluding hydrogens is 166 g/mol. The molecule has 0 N–H and O–H groups in total. The normalized spacial score (nSPS) is 21.6. The molecular formula is C8H13N5. The Kier molecular flexibility index (Phi) is 1.72. The molecule has 0 saturated heterocycles. The summed E-state index contributed by atoms with van der Waals surface area (Å²) in [5.74, 6) is 0.869. The second-order valence-electron chi connectivity index (χ2n) is 3.19. The number of anilines is 1. The van der Waals surface area contributed by atoms with E-state index in [-0.39, 0.29) is 0 Å². The van der Waals surface area contributed by atoms with E-state index in [1.807, 2.05) is 26.5 Å². The van der Waals surface area contributed by atoms with Gasteiger partial charge in [-0.15, -0.1) is 0 Å². The van der Waals surface area contributed by atoms with Crippen molar-refractivity contribution in [3.05, 3.63) is 18.7 Å². The van der Waals surface area contributed by atoms with Crippen LogP contribution in [0.15, 0.2) is 18.7 Å². The van der Waals surface area contributed by atoms with Crippen molar-refractivity contribution in [3.63, 3.8) is 0 Å². The van der Waals surface area contributed by atoms with E-state index in [1.54, 1.807) is 11.0 Å². The molecule has 1 aliphatic heterocycles. The minimum Gasteiger partial charge on any atom is -0.359 e. The van der Waals surface area contributed by atoms with Crippen molar-refractivity contribution in [1.82, 2.24) is 19.7 Å². The monoisotopic (exact) mass is 179 g/mol. The molecule has 0 aromatic carbocycles. The van der Waals surface area contributed by atoms with Gasteiger partial charge in [0.15, 0.2) is 0 Å². The van der Waals surface area contributed by atoms with Gasteiger partial charge < -0.3 is 4.90 Å². The third-order valence-corrected chi connectivity index (χ3v) is 2.37. The summed E-state index contributed by atoms with van der Waals surface area (Å²) in [5.41, 5.74) is 0. The molecule has 1 atom stereocenters. The largest absolute Gasteiger partial charge is 0.359 e. The summed E-state index contributed by atoms with van der Waals surface area (Å²) in [6.07, 6.45) is 5.91. The van der Waals surface area contributed by atoms with Gasteiger partial charge in [0, 0.05) is 26.5 Å². The van der Waals surface area contributed by atoms with Crippen molar-refractivity contribution in [2.24, 2.45) is 7.05 Å². The maximum Gasteiger partial charge on any atom is 0.229 e. The minimum atomic E-state index is 0.308. The van der Waals surface area contributed by atoms with Gasteiger partial charge in [-0.1, -0.05) is 0 Å². The molecule has 1 aromatic heterocycles. The lowest BCUT2D eigenvalue weighted by molar-refractivity contribution is 0.378. The van der Waals surface area contributed by atoms with Crippen LogP contribution >= 0.6 is 0 Å². The van der Waals surface area contributed by atoms with E-state index in [2.05, 4.69) is 26.8 Å². The van der Waals surface area contributed by atoms with Gasteiger partial charge in [0.25, 0.3) is 0 Å². The molecule has 0 aliphatic carbocycles. The first-order valence-corrected chi connectivity index (χ1v) is 4.23. The molecule has 5 heteroatoms. The SMILES string of the molecule is C[C@H]1N(C)C=CN1c1ncnn1C. The Balaban J connectivity index is 2.29. The fourth-order valence-corrected chi connectivity index (χ4v) is 1.38. The Labute approximate surface area is 77.3 Å². The Bertz CT molecular complexity index is 329. The topological polar surface area (TPSA) is 37.2 Å². The standard InChI is InChI=1S/C8H13N5/c1-7-11(2)4-5-13(7)8-9-6-10-12(8)3/h4-7H,1-3H3/t7-/m0/s1. The maximum absolute atomic E-state index is 4.18. The highest BCUT2D eigenvalue weighted by atomic mass is 15.5. The first kappa shape index (κ1) is 8.10. The van der Waals surface area contributed by atoms with Crippen molar-refractivity contribution < 1.29 is 0 Å². The second-order valence-corrected chi connectivity index (χ2v) is 3.19. The zero-order chi connectivity index (χ0) is 9.42. The third-order valence-electron chi connectivity index (χ3n) is 2.37. The fourth-order valence-electron chi connectivity index (χ4n) is 1.38. The van der Waals surface area contributed by atoms with Crippen LogP contribution in [0.5, 0.6) is 0 Å². The first-order valence-electron chi connectivity index (χ1n) is 4.23. The van der Waals surface area contributed by atoms with Gasteiger partial charge >= 0.3 is 0 Å². The molecule has 5 nitrogen and oxygen atoms in total. The number of aryl methyl sites for hydroxylation is 1. The van der Waals surface area contributed by atoms with Gasteiger partial charge in [-0.3, -0.25) is 4.90 Å². The zero-order valence-corrected chi connectivity index (χ0v) is 8.05. The van der Waals surface area contributed by atoms with E-state index in [9.17, 15) is 0 Å². The Morgan fingerprint density at radius 1 is 1.31 bits per heavy atom. The van der Waals surface area contributed by atoms with E-state index in [0.29, 0.717) is 6.17 Å². The summed E-state index contributed by atoms with van der Waals surface area (Å²) in [5, 5.41) is 4.03. The number of rotatable bonds is 1. The van der Waals surface area contributed by atoms with Crippen molar-refractivity contribution in [2.45, 2.75) is 13.1 Å². The van der Waals surface area contributed by atoms with Gasteiger partial charge in [-0.25, -0.2) is 4.68 Å².